The Balaban J connectivity index is 1.57. The molecule has 0 unspecified atom stereocenters. The van der Waals surface area contributed by atoms with E-state index < -0.39 is 0 Å². The van der Waals surface area contributed by atoms with E-state index >= 15 is 0 Å². The Hall–Kier alpha value is -1.77. The quantitative estimate of drug-likeness (QED) is 0.647. The molecule has 2 aromatic heterocycles. The molecule has 3 aromatic rings. The summed E-state index contributed by atoms with van der Waals surface area (Å²) in [5, 5.41) is 3.17. The Bertz CT molecular complexity index is 876. The molecule has 0 aliphatic carbocycles. The number of aryl methyl sites for hydroxylation is 2. The standard InChI is InChI=1S/C16H14BrN3O2S2/c1-9-3-4-11(7-10(9)2)22-8-14(21)18-16-19-15(20-24-16)12-5-6-13(17)23-12/h3-7H,8H2,1-2H3,(H,18,19,20,21). The van der Waals surface area contributed by atoms with Gasteiger partial charge in [-0.2, -0.15) is 9.36 Å². The van der Waals surface area contributed by atoms with Crippen molar-refractivity contribution in [2.75, 3.05) is 11.9 Å². The van der Waals surface area contributed by atoms with Crippen LogP contribution in [-0.2, 0) is 4.79 Å². The van der Waals surface area contributed by atoms with Crippen molar-refractivity contribution >= 4 is 49.8 Å². The van der Waals surface area contributed by atoms with Gasteiger partial charge in [0.05, 0.1) is 8.66 Å². The summed E-state index contributed by atoms with van der Waals surface area (Å²) in [6.07, 6.45) is 0. The second-order valence-corrected chi connectivity index (χ2v) is 8.32. The summed E-state index contributed by atoms with van der Waals surface area (Å²) in [6, 6.07) is 9.62. The third-order valence-electron chi connectivity index (χ3n) is 3.31. The Morgan fingerprint density at radius 3 is 2.79 bits per heavy atom. The first kappa shape index (κ1) is 17.1. The number of amides is 1. The van der Waals surface area contributed by atoms with E-state index in [-0.39, 0.29) is 12.5 Å². The molecule has 1 N–H and O–H groups in total. The number of ether oxygens (including phenoxy) is 1. The average Bonchev–Trinajstić information content (AvgIpc) is 3.17. The van der Waals surface area contributed by atoms with Crippen LogP contribution in [0.1, 0.15) is 11.1 Å². The molecule has 3 rings (SSSR count). The van der Waals surface area contributed by atoms with E-state index in [2.05, 4.69) is 30.6 Å². The van der Waals surface area contributed by atoms with Crippen molar-refractivity contribution in [3.8, 4) is 16.5 Å². The molecule has 1 amide bonds. The van der Waals surface area contributed by atoms with Gasteiger partial charge in [-0.3, -0.25) is 10.1 Å². The van der Waals surface area contributed by atoms with Crippen molar-refractivity contribution in [3.05, 3.63) is 45.2 Å². The summed E-state index contributed by atoms with van der Waals surface area (Å²) in [5.74, 6) is 1.03. The lowest BCUT2D eigenvalue weighted by Crippen LogP contribution is -2.20. The van der Waals surface area contributed by atoms with E-state index in [1.807, 2.05) is 44.2 Å². The van der Waals surface area contributed by atoms with Gasteiger partial charge in [0.2, 0.25) is 5.13 Å². The number of nitrogens with one attached hydrogen (secondary N) is 1. The third kappa shape index (κ3) is 4.19. The molecule has 0 bridgehead atoms. The van der Waals surface area contributed by atoms with E-state index in [1.165, 1.54) is 5.56 Å². The fourth-order valence-corrected chi connectivity index (χ4v) is 3.89. The molecule has 1 aromatic carbocycles. The maximum atomic E-state index is 12.0. The zero-order chi connectivity index (χ0) is 17.1. The Morgan fingerprint density at radius 1 is 1.25 bits per heavy atom. The molecule has 0 saturated heterocycles. The molecule has 0 aliphatic rings. The number of carbonyl (C=O) groups excluding carboxylic acids is 1. The molecule has 24 heavy (non-hydrogen) atoms. The van der Waals surface area contributed by atoms with Crippen molar-refractivity contribution in [1.29, 1.82) is 0 Å². The zero-order valence-corrected chi connectivity index (χ0v) is 16.2. The number of halogens is 1. The Kier molecular flexibility index (Phi) is 5.27. The fourth-order valence-electron chi connectivity index (χ4n) is 1.92. The maximum Gasteiger partial charge on any atom is 0.264 e. The molecule has 0 atom stereocenters. The van der Waals surface area contributed by atoms with Gasteiger partial charge in [0.15, 0.2) is 12.4 Å². The van der Waals surface area contributed by atoms with Crippen LogP contribution in [0.25, 0.3) is 10.7 Å². The molecular formula is C16H14BrN3O2S2. The van der Waals surface area contributed by atoms with Gasteiger partial charge in [-0.15, -0.1) is 11.3 Å². The second-order valence-electron chi connectivity index (χ2n) is 5.11. The van der Waals surface area contributed by atoms with Crippen LogP contribution in [0.4, 0.5) is 5.13 Å². The maximum absolute atomic E-state index is 12.0. The summed E-state index contributed by atoms with van der Waals surface area (Å²) in [5.41, 5.74) is 2.32. The molecule has 2 heterocycles. The van der Waals surface area contributed by atoms with Crippen LogP contribution in [-0.4, -0.2) is 21.9 Å². The van der Waals surface area contributed by atoms with Crippen LogP contribution >= 0.6 is 38.8 Å². The number of nitrogens with zero attached hydrogens (tertiary/aromatic N) is 2. The van der Waals surface area contributed by atoms with E-state index in [1.54, 1.807) is 11.3 Å². The number of benzene rings is 1. The van der Waals surface area contributed by atoms with Gasteiger partial charge in [0, 0.05) is 11.5 Å². The Morgan fingerprint density at radius 2 is 2.08 bits per heavy atom. The smallest absolute Gasteiger partial charge is 0.264 e. The second kappa shape index (κ2) is 7.42. The summed E-state index contributed by atoms with van der Waals surface area (Å²) < 4.78 is 10.8. The topological polar surface area (TPSA) is 64.1 Å². The predicted octanol–water partition coefficient (Wildman–Crippen LogP) is 4.66. The van der Waals surface area contributed by atoms with Gasteiger partial charge < -0.3 is 4.74 Å². The van der Waals surface area contributed by atoms with E-state index in [0.29, 0.717) is 16.7 Å². The molecule has 0 fully saturated rings. The summed E-state index contributed by atoms with van der Waals surface area (Å²) in [7, 11) is 0. The summed E-state index contributed by atoms with van der Waals surface area (Å²) in [4.78, 5) is 17.3. The van der Waals surface area contributed by atoms with Crippen molar-refractivity contribution < 1.29 is 9.53 Å². The lowest BCUT2D eigenvalue weighted by molar-refractivity contribution is -0.118. The summed E-state index contributed by atoms with van der Waals surface area (Å²) >= 11 is 6.10. The first-order valence-corrected chi connectivity index (χ1v) is 9.49. The molecular weight excluding hydrogens is 410 g/mol. The number of hydrogen-bond donors (Lipinski definition) is 1. The van der Waals surface area contributed by atoms with Gasteiger partial charge in [0.1, 0.15) is 5.75 Å². The molecule has 0 aliphatic heterocycles. The number of hydrogen-bond acceptors (Lipinski definition) is 6. The van der Waals surface area contributed by atoms with Crippen LogP contribution < -0.4 is 10.1 Å². The molecule has 8 heteroatoms. The number of thiophene rings is 1. The fraction of sp³-hybridized carbons (Fsp3) is 0.188. The van der Waals surface area contributed by atoms with E-state index in [0.717, 1.165) is 25.8 Å². The molecule has 0 radical (unpaired) electrons. The minimum Gasteiger partial charge on any atom is -0.484 e. The Labute approximate surface area is 156 Å². The van der Waals surface area contributed by atoms with Gasteiger partial charge in [-0.05, 0) is 65.2 Å². The summed E-state index contributed by atoms with van der Waals surface area (Å²) in [6.45, 7) is 3.97. The highest BCUT2D eigenvalue weighted by Crippen LogP contribution is 2.31. The number of aromatic nitrogens is 2. The van der Waals surface area contributed by atoms with Gasteiger partial charge >= 0.3 is 0 Å². The van der Waals surface area contributed by atoms with Gasteiger partial charge in [0.25, 0.3) is 5.91 Å². The van der Waals surface area contributed by atoms with Crippen molar-refractivity contribution in [1.82, 2.24) is 9.36 Å². The number of anilines is 1. The minimum absolute atomic E-state index is 0.0675. The van der Waals surface area contributed by atoms with Crippen molar-refractivity contribution in [3.63, 3.8) is 0 Å². The largest absolute Gasteiger partial charge is 0.484 e. The number of rotatable bonds is 5. The van der Waals surface area contributed by atoms with Crippen molar-refractivity contribution in [2.24, 2.45) is 0 Å². The monoisotopic (exact) mass is 423 g/mol. The number of carbonyl (C=O) groups is 1. The molecule has 0 saturated carbocycles. The first-order valence-electron chi connectivity index (χ1n) is 7.10. The van der Waals surface area contributed by atoms with Crippen LogP contribution in [0.15, 0.2) is 34.1 Å². The molecule has 5 nitrogen and oxygen atoms in total. The van der Waals surface area contributed by atoms with Gasteiger partial charge in [-0.25, -0.2) is 0 Å². The highest BCUT2D eigenvalue weighted by atomic mass is 79.9. The minimum atomic E-state index is -0.261. The van der Waals surface area contributed by atoms with Crippen LogP contribution in [0.2, 0.25) is 0 Å². The van der Waals surface area contributed by atoms with Crippen LogP contribution in [0.5, 0.6) is 5.75 Å². The average molecular weight is 424 g/mol. The lowest BCUT2D eigenvalue weighted by atomic mass is 10.1. The lowest BCUT2D eigenvalue weighted by Gasteiger charge is -2.07. The normalized spacial score (nSPS) is 10.6. The highest BCUT2D eigenvalue weighted by molar-refractivity contribution is 9.11. The molecule has 124 valence electrons. The van der Waals surface area contributed by atoms with Gasteiger partial charge in [-0.1, -0.05) is 6.07 Å². The third-order valence-corrected chi connectivity index (χ3v) is 5.56. The highest BCUT2D eigenvalue weighted by Gasteiger charge is 2.11. The van der Waals surface area contributed by atoms with Crippen molar-refractivity contribution in [2.45, 2.75) is 13.8 Å². The van der Waals surface area contributed by atoms with E-state index in [9.17, 15) is 4.79 Å². The molecule has 0 spiro atoms. The predicted molar refractivity (Wildman–Crippen MR) is 101 cm³/mol. The van der Waals surface area contributed by atoms with Crippen LogP contribution in [0, 0.1) is 13.8 Å². The SMILES string of the molecule is Cc1ccc(OCC(=O)Nc2nc(-c3ccc(Br)s3)ns2)cc1C. The first-order chi connectivity index (χ1) is 11.5. The van der Waals surface area contributed by atoms with E-state index in [4.69, 9.17) is 4.74 Å². The van der Waals surface area contributed by atoms with Crippen LogP contribution in [0.3, 0.4) is 0 Å². The zero-order valence-electron chi connectivity index (χ0n) is 13.0.